The van der Waals surface area contributed by atoms with E-state index in [9.17, 15) is 85.3 Å². The quantitative estimate of drug-likeness (QED) is 0.0295. The molecule has 26 heteroatoms. The summed E-state index contributed by atoms with van der Waals surface area (Å²) in [4.78, 5) is 62.7. The van der Waals surface area contributed by atoms with E-state index in [0.29, 0.717) is 6.54 Å². The van der Waals surface area contributed by atoms with Crippen molar-refractivity contribution >= 4 is 29.7 Å². The van der Waals surface area contributed by atoms with Gasteiger partial charge in [-0.05, 0) is 13.0 Å². The van der Waals surface area contributed by atoms with Gasteiger partial charge in [0, 0.05) is 45.1 Å². The molecule has 3 rings (SSSR count). The molecule has 0 saturated carbocycles. The SMILES string of the molecule is CCCCCCCCCCCCNCC(O)C1OC(OC(CO)C(O)C2OC(OCC(CO)C(O)C3OC(O)(C(=O)O)CC(O)C3NC(=O)CC)(C(=O)O)CC(O)C2NC(C)=O)(C(=O)O)CC(O)C1N. The van der Waals surface area contributed by atoms with Crippen LogP contribution < -0.4 is 21.7 Å². The van der Waals surface area contributed by atoms with E-state index in [1.165, 1.54) is 39.0 Å². The molecule has 26 nitrogen and oxygen atoms in total. The standard InChI is InChI=1S/C44H78N4O22/c1-4-6-7-8-9-10-11-12-13-14-15-46-19-28(55)36-31(45)25(52)17-44(69-36,41(63)64)67-29(21-50)35(58)38-32(47-23(3)51)27(54)18-43(70-38,40(61)62)66-22-24(20-49)34(57)37-33(48-30(56)5-2)26(53)16-42(65,68-37)39(59)60/h24-29,31-38,46,49-50,52-55,57-58,65H,4-22,45H2,1-3H3,(H,47,51)(H,48,56)(H,59,60)(H,61,62)(H,63,64). The summed E-state index contributed by atoms with van der Waals surface area (Å²) in [6.45, 7) is 1.45. The third-order valence-electron chi connectivity index (χ3n) is 13.1. The van der Waals surface area contributed by atoms with Gasteiger partial charge in [0.2, 0.25) is 11.8 Å². The van der Waals surface area contributed by atoms with Crippen molar-refractivity contribution in [1.29, 1.82) is 0 Å². The number of amides is 2. The third-order valence-corrected chi connectivity index (χ3v) is 13.1. The number of carboxylic acid groups (broad SMARTS) is 3. The van der Waals surface area contributed by atoms with Gasteiger partial charge in [-0.3, -0.25) is 9.59 Å². The third kappa shape index (κ3) is 16.1. The van der Waals surface area contributed by atoms with Crippen LogP contribution in [0.4, 0.5) is 0 Å². The van der Waals surface area contributed by atoms with Crippen LogP contribution in [0.1, 0.15) is 111 Å². The van der Waals surface area contributed by atoms with Crippen LogP contribution in [0.3, 0.4) is 0 Å². The van der Waals surface area contributed by atoms with Crippen LogP contribution in [0.2, 0.25) is 0 Å². The predicted octanol–water partition coefficient (Wildman–Crippen LogP) is -3.91. The van der Waals surface area contributed by atoms with E-state index in [-0.39, 0.29) is 13.0 Å². The van der Waals surface area contributed by atoms with Crippen LogP contribution in [0.25, 0.3) is 0 Å². The number of rotatable bonds is 31. The average Bonchev–Trinajstić information content (AvgIpc) is 3.30. The summed E-state index contributed by atoms with van der Waals surface area (Å²) in [5, 5.41) is 138. The second-order valence-electron chi connectivity index (χ2n) is 18.5. The van der Waals surface area contributed by atoms with Gasteiger partial charge in [0.1, 0.15) is 30.5 Å². The Morgan fingerprint density at radius 2 is 1.21 bits per heavy atom. The van der Waals surface area contributed by atoms with Crippen molar-refractivity contribution < 1.29 is 109 Å². The average molecular weight is 1020 g/mol. The molecule has 3 aliphatic rings. The number of unbranched alkanes of at least 4 members (excludes halogenated alkanes) is 9. The maximum atomic E-state index is 13.1. The zero-order chi connectivity index (χ0) is 52.6. The molecule has 2 amide bonds. The summed E-state index contributed by atoms with van der Waals surface area (Å²) in [6.07, 6.45) is -11.7. The Balaban J connectivity index is 1.83. The summed E-state index contributed by atoms with van der Waals surface area (Å²) in [5.74, 6) is -18.3. The molecule has 0 radical (unpaired) electrons. The van der Waals surface area contributed by atoms with Crippen molar-refractivity contribution in [3.05, 3.63) is 0 Å². The molecule has 3 fully saturated rings. The van der Waals surface area contributed by atoms with Crippen molar-refractivity contribution in [1.82, 2.24) is 16.0 Å². The molecule has 17 N–H and O–H groups in total. The first-order chi connectivity index (χ1) is 33.0. The minimum absolute atomic E-state index is 0.154. The molecule has 0 aromatic carbocycles. The van der Waals surface area contributed by atoms with Crippen LogP contribution in [0.15, 0.2) is 0 Å². The van der Waals surface area contributed by atoms with Crippen molar-refractivity contribution in [2.45, 2.75) is 207 Å². The molecule has 406 valence electrons. The normalized spacial score (nSPS) is 33.6. The molecule has 0 aliphatic carbocycles. The number of aliphatic hydroxyl groups excluding tert-OH is 8. The fourth-order valence-corrected chi connectivity index (χ4v) is 8.93. The number of carbonyl (C=O) groups excluding carboxylic acids is 2. The smallest absolute Gasteiger partial charge is 0.364 e. The summed E-state index contributed by atoms with van der Waals surface area (Å²) in [7, 11) is 0. The summed E-state index contributed by atoms with van der Waals surface area (Å²) >= 11 is 0. The number of nitrogens with two attached hydrogens (primary N) is 1. The molecule has 3 saturated heterocycles. The number of carboxylic acids is 3. The Morgan fingerprint density at radius 1 is 0.686 bits per heavy atom. The zero-order valence-electron chi connectivity index (χ0n) is 40.0. The molecule has 17 unspecified atom stereocenters. The van der Waals surface area contributed by atoms with Gasteiger partial charge in [0.25, 0.3) is 17.4 Å². The highest BCUT2D eigenvalue weighted by molar-refractivity contribution is 5.78. The largest absolute Gasteiger partial charge is 0.477 e. The van der Waals surface area contributed by atoms with Crippen molar-refractivity contribution in [3.8, 4) is 0 Å². The minimum Gasteiger partial charge on any atom is -0.477 e. The highest BCUT2D eigenvalue weighted by Gasteiger charge is 2.60. The van der Waals surface area contributed by atoms with Crippen LogP contribution in [0, 0.1) is 5.92 Å². The fraction of sp³-hybridized carbons (Fsp3) is 0.886. The summed E-state index contributed by atoms with van der Waals surface area (Å²) < 4.78 is 28.2. The maximum absolute atomic E-state index is 13.1. The molecule has 70 heavy (non-hydrogen) atoms. The van der Waals surface area contributed by atoms with Gasteiger partial charge < -0.3 is 107 Å². The maximum Gasteiger partial charge on any atom is 0.364 e. The first-order valence-corrected chi connectivity index (χ1v) is 24.1. The number of aliphatic carboxylic acids is 3. The van der Waals surface area contributed by atoms with Crippen LogP contribution in [0.5, 0.6) is 0 Å². The molecule has 17 atom stereocenters. The van der Waals surface area contributed by atoms with Gasteiger partial charge in [-0.15, -0.1) is 0 Å². The molecule has 0 aromatic heterocycles. The monoisotopic (exact) mass is 1010 g/mol. The lowest BCUT2D eigenvalue weighted by Crippen LogP contribution is -2.70. The van der Waals surface area contributed by atoms with Gasteiger partial charge in [-0.2, -0.15) is 0 Å². The van der Waals surface area contributed by atoms with Gasteiger partial charge in [0.05, 0.1) is 68.5 Å². The van der Waals surface area contributed by atoms with E-state index in [0.717, 1.165) is 39.0 Å². The molecule has 0 bridgehead atoms. The van der Waals surface area contributed by atoms with E-state index in [2.05, 4.69) is 22.9 Å². The molecular weight excluding hydrogens is 936 g/mol. The predicted molar refractivity (Wildman–Crippen MR) is 239 cm³/mol. The van der Waals surface area contributed by atoms with Crippen molar-refractivity contribution in [3.63, 3.8) is 0 Å². The second-order valence-corrected chi connectivity index (χ2v) is 18.5. The second kappa shape index (κ2) is 28.2. The Kier molecular flexibility index (Phi) is 24.6. The summed E-state index contributed by atoms with van der Waals surface area (Å²) in [5.41, 5.74) is 6.17. The molecular formula is C44H78N4O22. The topological polar surface area (TPSA) is 436 Å². The van der Waals surface area contributed by atoms with Gasteiger partial charge >= 0.3 is 17.9 Å². The molecule has 3 heterocycles. The first kappa shape index (κ1) is 61.0. The van der Waals surface area contributed by atoms with Crippen LogP contribution >= 0.6 is 0 Å². The van der Waals surface area contributed by atoms with Crippen LogP contribution in [-0.2, 0) is 47.7 Å². The number of aliphatic hydroxyl groups is 9. The first-order valence-electron chi connectivity index (χ1n) is 24.1. The Bertz CT molecular complexity index is 1670. The molecule has 3 aliphatic heterocycles. The number of nitrogens with one attached hydrogen (secondary N) is 3. The molecule has 0 aromatic rings. The van der Waals surface area contributed by atoms with Gasteiger partial charge in [0.15, 0.2) is 0 Å². The number of hydrogen-bond donors (Lipinski definition) is 16. The Labute approximate surface area is 405 Å². The Morgan fingerprint density at radius 3 is 1.74 bits per heavy atom. The highest BCUT2D eigenvalue weighted by atomic mass is 16.7. The Hall–Kier alpha value is -3.29. The van der Waals surface area contributed by atoms with Crippen LogP contribution in [-0.4, -0.2) is 220 Å². The van der Waals surface area contributed by atoms with Gasteiger partial charge in [-0.1, -0.05) is 71.6 Å². The highest BCUT2D eigenvalue weighted by Crippen LogP contribution is 2.38. The van der Waals surface area contributed by atoms with E-state index in [1.54, 1.807) is 0 Å². The summed E-state index contributed by atoms with van der Waals surface area (Å²) in [6, 6.07) is -4.71. The lowest BCUT2D eigenvalue weighted by molar-refractivity contribution is -0.344. The van der Waals surface area contributed by atoms with Crippen molar-refractivity contribution in [2.24, 2.45) is 11.7 Å². The molecule has 0 spiro atoms. The van der Waals surface area contributed by atoms with Gasteiger partial charge in [-0.25, -0.2) is 14.4 Å². The number of ether oxygens (including phenoxy) is 5. The lowest BCUT2D eigenvalue weighted by atomic mass is 9.85. The number of carbonyl (C=O) groups is 5. The zero-order valence-corrected chi connectivity index (χ0v) is 40.0. The number of hydrogen-bond acceptors (Lipinski definition) is 21. The van der Waals surface area contributed by atoms with E-state index >= 15 is 0 Å². The minimum atomic E-state index is -3.11. The van der Waals surface area contributed by atoms with E-state index in [4.69, 9.17) is 29.4 Å². The van der Waals surface area contributed by atoms with E-state index < -0.39 is 171 Å². The lowest BCUT2D eigenvalue weighted by Gasteiger charge is -2.49. The van der Waals surface area contributed by atoms with Crippen molar-refractivity contribution in [2.75, 3.05) is 32.9 Å². The fourth-order valence-electron chi connectivity index (χ4n) is 8.93. The van der Waals surface area contributed by atoms with E-state index in [1.807, 2.05) is 0 Å².